The van der Waals surface area contributed by atoms with E-state index >= 15 is 0 Å². The summed E-state index contributed by atoms with van der Waals surface area (Å²) in [5.74, 6) is 0.772. The summed E-state index contributed by atoms with van der Waals surface area (Å²) in [5.41, 5.74) is 1.59. The van der Waals surface area contributed by atoms with Crippen LogP contribution in [0.4, 0.5) is 0 Å². The van der Waals surface area contributed by atoms with Gasteiger partial charge in [0, 0.05) is 10.4 Å². The summed E-state index contributed by atoms with van der Waals surface area (Å²) in [5, 5.41) is 2.13. The summed E-state index contributed by atoms with van der Waals surface area (Å²) in [6.45, 7) is 0. The molecule has 3 aromatic rings. The lowest BCUT2D eigenvalue weighted by molar-refractivity contribution is 0.557. The van der Waals surface area contributed by atoms with E-state index in [4.69, 9.17) is 27.6 Å². The third-order valence-electron chi connectivity index (χ3n) is 2.70. The standard InChI is InChI=1S/C15H9Cl2NO/c16-10-3-6-15-13(8-10)14(17)9-11(18-15)4-5-12-2-1-7-19-12/h1-9H/b5-4+. The van der Waals surface area contributed by atoms with Crippen molar-refractivity contribution in [1.29, 1.82) is 0 Å². The first kappa shape index (κ1) is 12.3. The van der Waals surface area contributed by atoms with Crippen molar-refractivity contribution in [1.82, 2.24) is 4.98 Å². The molecule has 0 aliphatic carbocycles. The molecule has 94 valence electrons. The summed E-state index contributed by atoms with van der Waals surface area (Å²) in [6, 6.07) is 11.0. The van der Waals surface area contributed by atoms with Gasteiger partial charge in [0.15, 0.2) is 0 Å². The molecule has 2 aromatic heterocycles. The first-order valence-electron chi connectivity index (χ1n) is 5.70. The van der Waals surface area contributed by atoms with Crippen molar-refractivity contribution in [3.05, 3.63) is 64.2 Å². The lowest BCUT2D eigenvalue weighted by Crippen LogP contribution is -1.85. The maximum atomic E-state index is 6.24. The second-order valence-electron chi connectivity index (χ2n) is 4.04. The van der Waals surface area contributed by atoms with E-state index in [-0.39, 0.29) is 0 Å². The van der Waals surface area contributed by atoms with Crippen LogP contribution in [0.25, 0.3) is 23.1 Å². The summed E-state index contributed by atoms with van der Waals surface area (Å²) in [7, 11) is 0. The summed E-state index contributed by atoms with van der Waals surface area (Å²) >= 11 is 12.2. The minimum absolute atomic E-state index is 0.631. The number of hydrogen-bond acceptors (Lipinski definition) is 2. The molecule has 0 radical (unpaired) electrons. The quantitative estimate of drug-likeness (QED) is 0.639. The topological polar surface area (TPSA) is 26.0 Å². The first-order chi connectivity index (χ1) is 9.22. The van der Waals surface area contributed by atoms with Crippen molar-refractivity contribution in [3.63, 3.8) is 0 Å². The fraction of sp³-hybridized carbons (Fsp3) is 0. The van der Waals surface area contributed by atoms with Crippen LogP contribution < -0.4 is 0 Å². The number of aromatic nitrogens is 1. The van der Waals surface area contributed by atoms with E-state index in [9.17, 15) is 0 Å². The Bertz CT molecular complexity index is 748. The highest BCUT2D eigenvalue weighted by atomic mass is 35.5. The molecule has 0 bridgehead atoms. The van der Waals surface area contributed by atoms with Gasteiger partial charge in [0.05, 0.1) is 22.5 Å². The van der Waals surface area contributed by atoms with Gasteiger partial charge in [0.1, 0.15) is 5.76 Å². The molecular formula is C15H9Cl2NO. The maximum absolute atomic E-state index is 6.24. The average molecular weight is 290 g/mol. The Kier molecular flexibility index (Phi) is 3.28. The highest BCUT2D eigenvalue weighted by Gasteiger charge is 2.03. The monoisotopic (exact) mass is 289 g/mol. The highest BCUT2D eigenvalue weighted by molar-refractivity contribution is 6.36. The predicted octanol–water partition coefficient (Wildman–Crippen LogP) is 5.31. The zero-order valence-corrected chi connectivity index (χ0v) is 11.3. The van der Waals surface area contributed by atoms with Crippen molar-refractivity contribution in [2.75, 3.05) is 0 Å². The van der Waals surface area contributed by atoms with Crippen molar-refractivity contribution in [2.45, 2.75) is 0 Å². The number of hydrogen-bond donors (Lipinski definition) is 0. The Morgan fingerprint density at radius 3 is 2.74 bits per heavy atom. The van der Waals surface area contributed by atoms with Gasteiger partial charge >= 0.3 is 0 Å². The molecule has 0 unspecified atom stereocenters. The number of fused-ring (bicyclic) bond motifs is 1. The number of halogens is 2. The van der Waals surface area contributed by atoms with Crippen LogP contribution in [0.3, 0.4) is 0 Å². The molecule has 19 heavy (non-hydrogen) atoms. The van der Waals surface area contributed by atoms with E-state index in [1.54, 1.807) is 18.4 Å². The molecule has 2 heterocycles. The van der Waals surface area contributed by atoms with Gasteiger partial charge in [-0.05, 0) is 48.6 Å². The van der Waals surface area contributed by atoms with Crippen LogP contribution in [-0.2, 0) is 0 Å². The number of benzene rings is 1. The summed E-state index contributed by atoms with van der Waals surface area (Å²) in [6.07, 6.45) is 5.33. The van der Waals surface area contributed by atoms with E-state index < -0.39 is 0 Å². The fourth-order valence-electron chi connectivity index (χ4n) is 1.81. The van der Waals surface area contributed by atoms with Crippen molar-refractivity contribution in [3.8, 4) is 0 Å². The lowest BCUT2D eigenvalue weighted by Gasteiger charge is -2.02. The third-order valence-corrected chi connectivity index (χ3v) is 3.25. The van der Waals surface area contributed by atoms with Crippen molar-refractivity contribution < 1.29 is 4.42 Å². The molecule has 0 amide bonds. The Balaban J connectivity index is 2.04. The van der Waals surface area contributed by atoms with Gasteiger partial charge in [0.25, 0.3) is 0 Å². The second-order valence-corrected chi connectivity index (χ2v) is 4.88. The molecular weight excluding hydrogens is 281 g/mol. The molecule has 0 fully saturated rings. The van der Waals surface area contributed by atoms with Crippen LogP contribution >= 0.6 is 23.2 Å². The SMILES string of the molecule is Clc1ccc2nc(/C=C/c3ccco3)cc(Cl)c2c1. The molecule has 0 spiro atoms. The number of furan rings is 1. The third kappa shape index (κ3) is 2.65. The lowest BCUT2D eigenvalue weighted by atomic mass is 10.2. The highest BCUT2D eigenvalue weighted by Crippen LogP contribution is 2.26. The van der Waals surface area contributed by atoms with Gasteiger partial charge in [-0.1, -0.05) is 23.2 Å². The molecule has 0 aliphatic heterocycles. The Labute approximate surface area is 120 Å². The van der Waals surface area contributed by atoms with E-state index in [1.165, 1.54) is 0 Å². The van der Waals surface area contributed by atoms with Crippen LogP contribution in [0.2, 0.25) is 10.0 Å². The number of nitrogens with zero attached hydrogens (tertiary/aromatic N) is 1. The van der Waals surface area contributed by atoms with Crippen molar-refractivity contribution in [2.24, 2.45) is 0 Å². The van der Waals surface area contributed by atoms with Gasteiger partial charge in [0.2, 0.25) is 0 Å². The van der Waals surface area contributed by atoms with Crippen LogP contribution in [0.5, 0.6) is 0 Å². The Morgan fingerprint density at radius 2 is 1.95 bits per heavy atom. The maximum Gasteiger partial charge on any atom is 0.126 e. The smallest absolute Gasteiger partial charge is 0.126 e. The van der Waals surface area contributed by atoms with Gasteiger partial charge < -0.3 is 4.42 Å². The first-order valence-corrected chi connectivity index (χ1v) is 6.45. The molecule has 0 saturated carbocycles. The molecule has 0 aliphatic rings. The van der Waals surface area contributed by atoms with E-state index in [1.807, 2.05) is 36.4 Å². The fourth-order valence-corrected chi connectivity index (χ4v) is 2.25. The molecule has 0 atom stereocenters. The normalized spacial score (nSPS) is 11.5. The molecule has 0 saturated heterocycles. The van der Waals surface area contributed by atoms with E-state index in [2.05, 4.69) is 4.98 Å². The molecule has 4 heteroatoms. The largest absolute Gasteiger partial charge is 0.465 e. The molecule has 2 nitrogen and oxygen atoms in total. The van der Waals surface area contributed by atoms with Crippen LogP contribution in [0.1, 0.15) is 11.5 Å². The Morgan fingerprint density at radius 1 is 1.05 bits per heavy atom. The van der Waals surface area contributed by atoms with Crippen LogP contribution in [-0.4, -0.2) is 4.98 Å². The summed E-state index contributed by atoms with van der Waals surface area (Å²) < 4.78 is 5.22. The van der Waals surface area contributed by atoms with E-state index in [0.717, 1.165) is 22.4 Å². The van der Waals surface area contributed by atoms with Crippen LogP contribution in [0, 0.1) is 0 Å². The van der Waals surface area contributed by atoms with Gasteiger partial charge in [-0.3, -0.25) is 0 Å². The summed E-state index contributed by atoms with van der Waals surface area (Å²) in [4.78, 5) is 4.51. The number of pyridine rings is 1. The van der Waals surface area contributed by atoms with Gasteiger partial charge in [-0.25, -0.2) is 4.98 Å². The zero-order valence-electron chi connectivity index (χ0n) is 9.81. The van der Waals surface area contributed by atoms with Gasteiger partial charge in [-0.15, -0.1) is 0 Å². The second kappa shape index (κ2) is 5.08. The Hall–Kier alpha value is -1.77. The average Bonchev–Trinajstić information content (AvgIpc) is 2.90. The van der Waals surface area contributed by atoms with Crippen LogP contribution in [0.15, 0.2) is 47.1 Å². The zero-order chi connectivity index (χ0) is 13.2. The molecule has 1 aromatic carbocycles. The number of rotatable bonds is 2. The van der Waals surface area contributed by atoms with Gasteiger partial charge in [-0.2, -0.15) is 0 Å². The minimum atomic E-state index is 0.631. The molecule has 3 rings (SSSR count). The van der Waals surface area contributed by atoms with E-state index in [0.29, 0.717) is 10.0 Å². The molecule has 0 N–H and O–H groups in total. The predicted molar refractivity (Wildman–Crippen MR) is 79.4 cm³/mol. The van der Waals surface area contributed by atoms with Crippen molar-refractivity contribution >= 4 is 46.3 Å². The minimum Gasteiger partial charge on any atom is -0.465 e.